The number of nitrogens with zero attached hydrogens (tertiary/aromatic N) is 3. The van der Waals surface area contributed by atoms with Crippen LogP contribution in [0.3, 0.4) is 0 Å². The summed E-state index contributed by atoms with van der Waals surface area (Å²) in [6, 6.07) is 10.7. The third-order valence-electron chi connectivity index (χ3n) is 5.64. The Kier molecular flexibility index (Phi) is 7.93. The average Bonchev–Trinajstić information content (AvgIpc) is 2.71. The van der Waals surface area contributed by atoms with Crippen molar-refractivity contribution in [2.24, 2.45) is 5.92 Å². The number of morpholine rings is 1. The Morgan fingerprint density at radius 3 is 2.52 bits per heavy atom. The molecule has 0 aliphatic carbocycles. The van der Waals surface area contributed by atoms with Gasteiger partial charge in [0.2, 0.25) is 0 Å². The molecule has 2 aliphatic rings. The van der Waals surface area contributed by atoms with Crippen molar-refractivity contribution in [2.75, 3.05) is 66.1 Å². The van der Waals surface area contributed by atoms with E-state index in [0.29, 0.717) is 12.5 Å². The van der Waals surface area contributed by atoms with E-state index in [2.05, 4.69) is 45.4 Å². The summed E-state index contributed by atoms with van der Waals surface area (Å²) in [5, 5.41) is 3.05. The Bertz CT molecular complexity index is 555. The molecule has 0 aromatic heterocycles. The van der Waals surface area contributed by atoms with Crippen LogP contribution >= 0.6 is 0 Å². The van der Waals surface area contributed by atoms with Gasteiger partial charge in [-0.3, -0.25) is 9.80 Å². The van der Waals surface area contributed by atoms with Gasteiger partial charge in [-0.2, -0.15) is 0 Å². The number of carbonyl (C=O) groups excluding carboxylic acids is 1. The van der Waals surface area contributed by atoms with Crippen molar-refractivity contribution in [3.05, 3.63) is 35.9 Å². The number of benzene rings is 1. The van der Waals surface area contributed by atoms with Crippen molar-refractivity contribution in [1.29, 1.82) is 0 Å². The van der Waals surface area contributed by atoms with Gasteiger partial charge in [-0.1, -0.05) is 30.3 Å². The van der Waals surface area contributed by atoms with E-state index < -0.39 is 0 Å². The molecule has 6 heteroatoms. The van der Waals surface area contributed by atoms with Crippen LogP contribution in [0.15, 0.2) is 30.3 Å². The molecule has 2 fully saturated rings. The lowest BCUT2D eigenvalue weighted by Gasteiger charge is -2.34. The molecule has 3 rings (SSSR count). The third kappa shape index (κ3) is 6.79. The SMILES string of the molecule is CN(CC1CCN(Cc2ccccc2)CC1)C(=O)NCCN1CCOCC1. The average molecular weight is 375 g/mol. The fourth-order valence-corrected chi connectivity index (χ4v) is 3.92. The summed E-state index contributed by atoms with van der Waals surface area (Å²) in [6.07, 6.45) is 2.33. The summed E-state index contributed by atoms with van der Waals surface area (Å²) >= 11 is 0. The van der Waals surface area contributed by atoms with Crippen LogP contribution in [0.25, 0.3) is 0 Å². The summed E-state index contributed by atoms with van der Waals surface area (Å²) in [5.74, 6) is 0.604. The highest BCUT2D eigenvalue weighted by molar-refractivity contribution is 5.73. The molecule has 1 aromatic rings. The molecule has 2 amide bonds. The molecule has 27 heavy (non-hydrogen) atoms. The van der Waals surface area contributed by atoms with Crippen molar-refractivity contribution in [3.8, 4) is 0 Å². The van der Waals surface area contributed by atoms with Gasteiger partial charge in [-0.05, 0) is 37.4 Å². The molecule has 0 radical (unpaired) electrons. The second-order valence-corrected chi connectivity index (χ2v) is 7.77. The zero-order chi connectivity index (χ0) is 18.9. The van der Waals surface area contributed by atoms with Crippen molar-refractivity contribution in [3.63, 3.8) is 0 Å². The lowest BCUT2D eigenvalue weighted by atomic mass is 9.96. The fraction of sp³-hybridized carbons (Fsp3) is 0.667. The van der Waals surface area contributed by atoms with E-state index in [1.807, 2.05) is 11.9 Å². The van der Waals surface area contributed by atoms with E-state index in [1.54, 1.807) is 0 Å². The Balaban J connectivity index is 1.30. The first-order chi connectivity index (χ1) is 13.2. The lowest BCUT2D eigenvalue weighted by molar-refractivity contribution is 0.0386. The van der Waals surface area contributed by atoms with Crippen LogP contribution < -0.4 is 5.32 Å². The minimum atomic E-state index is 0.0509. The second-order valence-electron chi connectivity index (χ2n) is 7.77. The third-order valence-corrected chi connectivity index (χ3v) is 5.64. The molecule has 0 bridgehead atoms. The molecular weight excluding hydrogens is 340 g/mol. The standard InChI is InChI=1S/C21H34N4O2/c1-23(21(26)22-9-12-24-13-15-27-16-14-24)17-20-7-10-25(11-8-20)18-19-5-3-2-4-6-19/h2-6,20H,7-18H2,1H3,(H,22,26). The van der Waals surface area contributed by atoms with Crippen LogP contribution in [-0.2, 0) is 11.3 Å². The van der Waals surface area contributed by atoms with E-state index in [0.717, 1.165) is 71.9 Å². The number of ether oxygens (including phenoxy) is 1. The van der Waals surface area contributed by atoms with Gasteiger partial charge >= 0.3 is 6.03 Å². The van der Waals surface area contributed by atoms with Gasteiger partial charge in [0.05, 0.1) is 13.2 Å². The molecule has 0 spiro atoms. The van der Waals surface area contributed by atoms with Crippen molar-refractivity contribution in [2.45, 2.75) is 19.4 Å². The molecule has 6 nitrogen and oxygen atoms in total. The predicted molar refractivity (Wildman–Crippen MR) is 108 cm³/mol. The number of nitrogens with one attached hydrogen (secondary N) is 1. The number of piperidine rings is 1. The first-order valence-corrected chi connectivity index (χ1v) is 10.3. The molecule has 1 aromatic carbocycles. The maximum Gasteiger partial charge on any atom is 0.317 e. The van der Waals surface area contributed by atoms with Crippen molar-refractivity contribution in [1.82, 2.24) is 20.0 Å². The first-order valence-electron chi connectivity index (χ1n) is 10.3. The van der Waals surface area contributed by atoms with E-state index in [-0.39, 0.29) is 6.03 Å². The molecule has 150 valence electrons. The molecule has 1 N–H and O–H groups in total. The Morgan fingerprint density at radius 2 is 1.81 bits per heavy atom. The van der Waals surface area contributed by atoms with Crippen molar-refractivity contribution < 1.29 is 9.53 Å². The largest absolute Gasteiger partial charge is 0.379 e. The van der Waals surface area contributed by atoms with Gasteiger partial charge in [0, 0.05) is 46.3 Å². The summed E-state index contributed by atoms with van der Waals surface area (Å²) in [7, 11) is 1.92. The Hall–Kier alpha value is -1.63. The minimum absolute atomic E-state index is 0.0509. The number of amides is 2. The fourth-order valence-electron chi connectivity index (χ4n) is 3.92. The minimum Gasteiger partial charge on any atom is -0.379 e. The highest BCUT2D eigenvalue weighted by Crippen LogP contribution is 2.19. The van der Waals surface area contributed by atoms with Gasteiger partial charge in [0.1, 0.15) is 0 Å². The van der Waals surface area contributed by atoms with Gasteiger partial charge in [-0.15, -0.1) is 0 Å². The van der Waals surface area contributed by atoms with Gasteiger partial charge < -0.3 is 15.0 Å². The number of hydrogen-bond acceptors (Lipinski definition) is 4. The topological polar surface area (TPSA) is 48.0 Å². The maximum absolute atomic E-state index is 12.3. The van der Waals surface area contributed by atoms with Gasteiger partial charge in [0.15, 0.2) is 0 Å². The zero-order valence-electron chi connectivity index (χ0n) is 16.6. The van der Waals surface area contributed by atoms with Gasteiger partial charge in [-0.25, -0.2) is 4.79 Å². The maximum atomic E-state index is 12.3. The zero-order valence-corrected chi connectivity index (χ0v) is 16.6. The summed E-state index contributed by atoms with van der Waals surface area (Å²) in [5.41, 5.74) is 1.38. The Labute approximate surface area is 163 Å². The van der Waals surface area contributed by atoms with E-state index >= 15 is 0 Å². The molecule has 2 heterocycles. The van der Waals surface area contributed by atoms with Crippen LogP contribution in [0, 0.1) is 5.92 Å². The van der Waals surface area contributed by atoms with E-state index in [4.69, 9.17) is 4.74 Å². The second kappa shape index (κ2) is 10.6. The molecule has 2 aliphatic heterocycles. The highest BCUT2D eigenvalue weighted by atomic mass is 16.5. The number of rotatable bonds is 7. The normalized spacial score (nSPS) is 19.7. The van der Waals surface area contributed by atoms with Crippen molar-refractivity contribution >= 4 is 6.03 Å². The van der Waals surface area contributed by atoms with Crippen LogP contribution in [0.5, 0.6) is 0 Å². The molecule has 2 saturated heterocycles. The molecule has 0 atom stereocenters. The summed E-state index contributed by atoms with van der Waals surface area (Å²) in [6.45, 7) is 9.26. The lowest BCUT2D eigenvalue weighted by Crippen LogP contribution is -2.46. The molecule has 0 saturated carbocycles. The number of hydrogen-bond donors (Lipinski definition) is 1. The quantitative estimate of drug-likeness (QED) is 0.792. The van der Waals surface area contributed by atoms with E-state index in [9.17, 15) is 4.79 Å². The predicted octanol–water partition coefficient (Wildman–Crippen LogP) is 1.87. The number of urea groups is 1. The van der Waals surface area contributed by atoms with Crippen LogP contribution in [0.4, 0.5) is 4.79 Å². The summed E-state index contributed by atoms with van der Waals surface area (Å²) < 4.78 is 5.35. The van der Waals surface area contributed by atoms with Gasteiger partial charge in [0.25, 0.3) is 0 Å². The first kappa shape index (κ1) is 20.1. The van der Waals surface area contributed by atoms with Crippen LogP contribution in [0.2, 0.25) is 0 Å². The van der Waals surface area contributed by atoms with Crippen LogP contribution in [0.1, 0.15) is 18.4 Å². The number of likely N-dealkylation sites (tertiary alicyclic amines) is 1. The van der Waals surface area contributed by atoms with Crippen LogP contribution in [-0.4, -0.2) is 86.8 Å². The monoisotopic (exact) mass is 374 g/mol. The molecular formula is C21H34N4O2. The highest BCUT2D eigenvalue weighted by Gasteiger charge is 2.22. The Morgan fingerprint density at radius 1 is 1.11 bits per heavy atom. The summed E-state index contributed by atoms with van der Waals surface area (Å²) in [4.78, 5) is 19.0. The molecule has 0 unspecified atom stereocenters. The van der Waals surface area contributed by atoms with E-state index in [1.165, 1.54) is 5.56 Å². The smallest absolute Gasteiger partial charge is 0.317 e. The number of carbonyl (C=O) groups is 1.